The van der Waals surface area contributed by atoms with Gasteiger partial charge in [0.15, 0.2) is 0 Å². The van der Waals surface area contributed by atoms with Crippen molar-refractivity contribution in [2.75, 3.05) is 0 Å². The molecule has 1 unspecified atom stereocenters. The molecule has 0 saturated carbocycles. The van der Waals surface area contributed by atoms with Crippen molar-refractivity contribution in [2.24, 2.45) is 0 Å². The normalized spacial score (nSPS) is 18.0. The molecule has 168 valence electrons. The molecule has 0 aromatic heterocycles. The fourth-order valence-electron chi connectivity index (χ4n) is 7.79. The Morgan fingerprint density at radius 1 is 0.556 bits per heavy atom. The van der Waals surface area contributed by atoms with Crippen molar-refractivity contribution in [1.82, 2.24) is 0 Å². The van der Waals surface area contributed by atoms with Crippen LogP contribution in [0.5, 0.6) is 0 Å². The summed E-state index contributed by atoms with van der Waals surface area (Å²) in [5.74, 6) is 0. The van der Waals surface area contributed by atoms with E-state index >= 15 is 0 Å². The minimum atomic E-state index is -0.363. The third kappa shape index (κ3) is 2.07. The number of fused-ring (bicyclic) bond motifs is 10. The highest BCUT2D eigenvalue weighted by Crippen LogP contribution is 2.64. The van der Waals surface area contributed by atoms with Crippen LogP contribution < -0.4 is 0 Å². The highest BCUT2D eigenvalue weighted by molar-refractivity contribution is 9.10. The summed E-state index contributed by atoms with van der Waals surface area (Å²) in [5, 5.41) is 5.61. The second-order valence-corrected chi connectivity index (χ2v) is 11.3. The molecule has 1 atom stereocenters. The highest BCUT2D eigenvalue weighted by Gasteiger charge is 2.51. The molecule has 9 rings (SSSR count). The van der Waals surface area contributed by atoms with Crippen LogP contribution in [0.2, 0.25) is 0 Å². The smallest absolute Gasteiger partial charge is 0.0619 e. The SMILES string of the molecule is Brc1cccc2c1C1(c3ccccc3-2)c2cc3c4c(cccc4c2-c2cccc4cccc1c24)CC3. The zero-order valence-electron chi connectivity index (χ0n) is 19.6. The summed E-state index contributed by atoms with van der Waals surface area (Å²) < 4.78 is 1.18. The van der Waals surface area contributed by atoms with Crippen LogP contribution in [0.3, 0.4) is 0 Å². The molecule has 0 fully saturated rings. The molecule has 0 amide bonds. The van der Waals surface area contributed by atoms with Gasteiger partial charge in [0, 0.05) is 4.47 Å². The molecule has 0 saturated heterocycles. The zero-order chi connectivity index (χ0) is 23.6. The van der Waals surface area contributed by atoms with Crippen LogP contribution in [0.4, 0.5) is 0 Å². The quantitative estimate of drug-likeness (QED) is 0.187. The van der Waals surface area contributed by atoms with Crippen LogP contribution in [0, 0.1) is 0 Å². The van der Waals surface area contributed by atoms with E-state index in [9.17, 15) is 0 Å². The summed E-state index contributed by atoms with van der Waals surface area (Å²) in [5.41, 5.74) is 13.7. The van der Waals surface area contributed by atoms with Crippen molar-refractivity contribution in [2.45, 2.75) is 18.3 Å². The minimum absolute atomic E-state index is 0.363. The molecule has 0 heterocycles. The van der Waals surface area contributed by atoms with Gasteiger partial charge in [-0.15, -0.1) is 0 Å². The van der Waals surface area contributed by atoms with E-state index in [4.69, 9.17) is 0 Å². The molecule has 1 spiro atoms. The van der Waals surface area contributed by atoms with E-state index < -0.39 is 0 Å². The van der Waals surface area contributed by atoms with Crippen molar-refractivity contribution >= 4 is 37.5 Å². The Labute approximate surface area is 218 Å². The number of rotatable bonds is 0. The lowest BCUT2D eigenvalue weighted by atomic mass is 9.60. The van der Waals surface area contributed by atoms with Gasteiger partial charge in [0.1, 0.15) is 0 Å². The summed E-state index contributed by atoms with van der Waals surface area (Å²) in [6.45, 7) is 0. The van der Waals surface area contributed by atoms with Gasteiger partial charge >= 0.3 is 0 Å². The number of aryl methyl sites for hydroxylation is 2. The Morgan fingerprint density at radius 2 is 1.28 bits per heavy atom. The van der Waals surface area contributed by atoms with Crippen LogP contribution in [-0.2, 0) is 18.3 Å². The van der Waals surface area contributed by atoms with E-state index in [0.717, 1.165) is 12.8 Å². The largest absolute Gasteiger partial charge is 0.0737 e. The maximum absolute atomic E-state index is 4.05. The average molecular weight is 521 g/mol. The number of halogens is 1. The fourth-order valence-corrected chi connectivity index (χ4v) is 8.45. The van der Waals surface area contributed by atoms with Gasteiger partial charge in [-0.25, -0.2) is 0 Å². The van der Waals surface area contributed by atoms with Crippen molar-refractivity contribution in [3.63, 3.8) is 0 Å². The maximum Gasteiger partial charge on any atom is 0.0737 e. The van der Waals surface area contributed by atoms with Crippen LogP contribution >= 0.6 is 15.9 Å². The Morgan fingerprint density at radius 3 is 2.22 bits per heavy atom. The van der Waals surface area contributed by atoms with Crippen LogP contribution in [0.25, 0.3) is 43.8 Å². The van der Waals surface area contributed by atoms with Crippen molar-refractivity contribution in [3.8, 4) is 22.3 Å². The van der Waals surface area contributed by atoms with Crippen molar-refractivity contribution in [1.29, 1.82) is 0 Å². The van der Waals surface area contributed by atoms with Crippen LogP contribution in [0.1, 0.15) is 33.4 Å². The van der Waals surface area contributed by atoms with Gasteiger partial charge in [0.2, 0.25) is 0 Å². The molecule has 1 heteroatoms. The van der Waals surface area contributed by atoms with Gasteiger partial charge < -0.3 is 0 Å². The maximum atomic E-state index is 4.05. The second-order valence-electron chi connectivity index (χ2n) is 10.5. The first-order chi connectivity index (χ1) is 17.8. The molecule has 3 aliphatic carbocycles. The van der Waals surface area contributed by atoms with E-state index in [1.54, 1.807) is 0 Å². The first-order valence-electron chi connectivity index (χ1n) is 12.8. The third-order valence-electron chi connectivity index (χ3n) is 8.98. The van der Waals surface area contributed by atoms with Crippen molar-refractivity contribution < 1.29 is 0 Å². The van der Waals surface area contributed by atoms with E-state index in [2.05, 4.69) is 119 Å². The monoisotopic (exact) mass is 520 g/mol. The zero-order valence-corrected chi connectivity index (χ0v) is 21.2. The molecule has 0 bridgehead atoms. The lowest BCUT2D eigenvalue weighted by Gasteiger charge is -2.41. The van der Waals surface area contributed by atoms with E-state index in [-0.39, 0.29) is 5.41 Å². The van der Waals surface area contributed by atoms with Gasteiger partial charge in [-0.2, -0.15) is 0 Å². The summed E-state index contributed by atoms with van der Waals surface area (Å²) >= 11 is 4.05. The second kappa shape index (κ2) is 6.55. The molecule has 0 aliphatic heterocycles. The Kier molecular flexibility index (Phi) is 3.55. The highest BCUT2D eigenvalue weighted by atomic mass is 79.9. The molecule has 6 aromatic carbocycles. The summed E-state index contributed by atoms with van der Waals surface area (Å²) in [6, 6.07) is 39.2. The van der Waals surface area contributed by atoms with Crippen LogP contribution in [0.15, 0.2) is 108 Å². The molecular formula is C35H21Br. The predicted octanol–water partition coefficient (Wildman–Crippen LogP) is 9.20. The number of hydrogen-bond acceptors (Lipinski definition) is 0. The molecule has 0 nitrogen and oxygen atoms in total. The fraction of sp³-hybridized carbons (Fsp3) is 0.0857. The van der Waals surface area contributed by atoms with E-state index in [1.807, 2.05) is 0 Å². The van der Waals surface area contributed by atoms with Gasteiger partial charge in [0.25, 0.3) is 0 Å². The third-order valence-corrected chi connectivity index (χ3v) is 9.65. The van der Waals surface area contributed by atoms with Gasteiger partial charge in [-0.05, 0) is 96.1 Å². The first kappa shape index (κ1) is 19.5. The standard InChI is InChI=1S/C35H21Br/c36-30-16-6-11-24-23-10-1-2-14-27(23)35(34(24)30)28-15-5-9-20-7-3-13-26(32(20)28)33-25-12-4-8-21-17-18-22(31(21)25)19-29(33)35/h1-16,19H,17-18H2. The lowest BCUT2D eigenvalue weighted by Crippen LogP contribution is -2.32. The van der Waals surface area contributed by atoms with Gasteiger partial charge in [-0.3, -0.25) is 0 Å². The lowest BCUT2D eigenvalue weighted by molar-refractivity contribution is 0.769. The Balaban J connectivity index is 1.63. The predicted molar refractivity (Wildman–Crippen MR) is 153 cm³/mol. The average Bonchev–Trinajstić information content (AvgIpc) is 3.47. The Bertz CT molecular complexity index is 1960. The molecule has 0 radical (unpaired) electrons. The molecule has 6 aromatic rings. The van der Waals surface area contributed by atoms with Gasteiger partial charge in [0.05, 0.1) is 5.41 Å². The number of hydrogen-bond donors (Lipinski definition) is 0. The summed E-state index contributed by atoms with van der Waals surface area (Å²) in [6.07, 6.45) is 2.26. The van der Waals surface area contributed by atoms with Crippen molar-refractivity contribution in [3.05, 3.63) is 141 Å². The van der Waals surface area contributed by atoms with E-state index in [1.165, 1.54) is 81.7 Å². The van der Waals surface area contributed by atoms with E-state index in [0.29, 0.717) is 0 Å². The summed E-state index contributed by atoms with van der Waals surface area (Å²) in [7, 11) is 0. The minimum Gasteiger partial charge on any atom is -0.0619 e. The molecule has 3 aliphatic rings. The molecular weight excluding hydrogens is 500 g/mol. The molecule has 0 N–H and O–H groups in total. The molecule has 36 heavy (non-hydrogen) atoms. The first-order valence-corrected chi connectivity index (χ1v) is 13.6. The van der Waals surface area contributed by atoms with Gasteiger partial charge in [-0.1, -0.05) is 113 Å². The topological polar surface area (TPSA) is 0 Å². The van der Waals surface area contributed by atoms with Crippen LogP contribution in [-0.4, -0.2) is 0 Å². The summed E-state index contributed by atoms with van der Waals surface area (Å²) in [4.78, 5) is 0. The number of benzene rings is 6. The Hall–Kier alpha value is -3.68.